The van der Waals surface area contributed by atoms with Gasteiger partial charge in [0.05, 0.1) is 11.2 Å². The number of carbonyl (C=O) groups excluding carboxylic acids is 3. The molecule has 0 bridgehead atoms. The monoisotopic (exact) mass is 561 g/mol. The molecule has 0 aliphatic heterocycles. The molecule has 0 aliphatic rings. The second-order valence-corrected chi connectivity index (χ2v) is 9.71. The Hall–Kier alpha value is -4.57. The Morgan fingerprint density at radius 2 is 1.57 bits per heavy atom. The second kappa shape index (κ2) is 14.0. The molecule has 8 nitrogen and oxygen atoms in total. The Kier molecular flexibility index (Phi) is 9.95. The molecule has 2 amide bonds. The summed E-state index contributed by atoms with van der Waals surface area (Å²) in [6, 6.07) is 20.8. The van der Waals surface area contributed by atoms with Gasteiger partial charge in [0.2, 0.25) is 0 Å². The zero-order valence-electron chi connectivity index (χ0n) is 21.8. The van der Waals surface area contributed by atoms with Crippen LogP contribution < -0.4 is 10.6 Å². The van der Waals surface area contributed by atoms with E-state index in [1.54, 1.807) is 29.8 Å². The number of carbonyl (C=O) groups is 3. The summed E-state index contributed by atoms with van der Waals surface area (Å²) >= 11 is 1.46. The molecule has 1 aromatic heterocycles. The average Bonchev–Trinajstić information content (AvgIpc) is 3.47. The normalized spacial score (nSPS) is 11.3. The lowest BCUT2D eigenvalue weighted by atomic mass is 10.1. The fourth-order valence-electron chi connectivity index (χ4n) is 3.84. The fraction of sp³-hybridized carbons (Fsp3) is 0.200. The number of rotatable bonds is 11. The molecule has 2 N–H and O–H groups in total. The predicted molar refractivity (Wildman–Crippen MR) is 149 cm³/mol. The van der Waals surface area contributed by atoms with E-state index >= 15 is 0 Å². The van der Waals surface area contributed by atoms with Gasteiger partial charge in [0.15, 0.2) is 0 Å². The van der Waals surface area contributed by atoms with Gasteiger partial charge in [-0.2, -0.15) is 0 Å². The number of benzene rings is 3. The molecule has 0 aliphatic carbocycles. The molecule has 0 saturated heterocycles. The third-order valence-corrected chi connectivity index (χ3v) is 6.85. The van der Waals surface area contributed by atoms with E-state index in [0.717, 1.165) is 28.5 Å². The number of aryl methyl sites for hydroxylation is 1. The van der Waals surface area contributed by atoms with Gasteiger partial charge >= 0.3 is 12.1 Å². The quantitative estimate of drug-likeness (QED) is 0.241. The number of aromatic nitrogens is 1. The van der Waals surface area contributed by atoms with Crippen LogP contribution in [-0.4, -0.2) is 35.5 Å². The molecule has 0 radical (unpaired) electrons. The van der Waals surface area contributed by atoms with Crippen molar-refractivity contribution in [2.75, 3.05) is 6.54 Å². The summed E-state index contributed by atoms with van der Waals surface area (Å²) in [5.74, 6) is -2.00. The van der Waals surface area contributed by atoms with Crippen LogP contribution in [0.15, 0.2) is 84.4 Å². The lowest BCUT2D eigenvalue weighted by Crippen LogP contribution is -2.49. The minimum absolute atomic E-state index is 0.00670. The fourth-order valence-corrected chi connectivity index (χ4v) is 4.57. The molecule has 1 heterocycles. The SMILES string of the molecule is CCc1scnc1-c1cc(F)cc(C(=O)NC[C@@H](NC(=O)OCc2ccccc2)C(=O)OCc2ccccc2)c1. The summed E-state index contributed by atoms with van der Waals surface area (Å²) in [7, 11) is 0. The Bertz CT molecular complexity index is 1450. The van der Waals surface area contributed by atoms with Crippen molar-refractivity contribution in [3.8, 4) is 11.3 Å². The molecule has 0 unspecified atom stereocenters. The van der Waals surface area contributed by atoms with Gasteiger partial charge in [0.25, 0.3) is 5.91 Å². The first-order valence-corrected chi connectivity index (χ1v) is 13.5. The van der Waals surface area contributed by atoms with Crippen molar-refractivity contribution < 1.29 is 28.2 Å². The van der Waals surface area contributed by atoms with Crippen LogP contribution in [0.2, 0.25) is 0 Å². The van der Waals surface area contributed by atoms with Crippen LogP contribution in [0.5, 0.6) is 0 Å². The molecule has 4 aromatic rings. The molecule has 206 valence electrons. The average molecular weight is 562 g/mol. The third-order valence-electron chi connectivity index (χ3n) is 5.88. The first-order chi connectivity index (χ1) is 19.4. The van der Waals surface area contributed by atoms with E-state index in [-0.39, 0.29) is 25.3 Å². The Balaban J connectivity index is 1.43. The lowest BCUT2D eigenvalue weighted by molar-refractivity contribution is -0.147. The van der Waals surface area contributed by atoms with Crippen LogP contribution in [-0.2, 0) is 33.9 Å². The first kappa shape index (κ1) is 28.4. The van der Waals surface area contributed by atoms with Gasteiger partial charge < -0.3 is 20.1 Å². The number of esters is 1. The Morgan fingerprint density at radius 3 is 2.23 bits per heavy atom. The Morgan fingerprint density at radius 1 is 0.925 bits per heavy atom. The largest absolute Gasteiger partial charge is 0.459 e. The first-order valence-electron chi connectivity index (χ1n) is 12.6. The number of nitrogens with zero attached hydrogens (tertiary/aromatic N) is 1. The summed E-state index contributed by atoms with van der Waals surface area (Å²) in [5.41, 5.74) is 4.34. The van der Waals surface area contributed by atoms with Gasteiger partial charge in [-0.1, -0.05) is 67.6 Å². The van der Waals surface area contributed by atoms with E-state index in [4.69, 9.17) is 9.47 Å². The van der Waals surface area contributed by atoms with Crippen molar-refractivity contribution in [3.63, 3.8) is 0 Å². The van der Waals surface area contributed by atoms with Gasteiger partial charge in [-0.15, -0.1) is 11.3 Å². The number of halogens is 1. The van der Waals surface area contributed by atoms with Crippen molar-refractivity contribution >= 4 is 29.3 Å². The number of hydrogen-bond donors (Lipinski definition) is 2. The minimum atomic E-state index is -1.26. The third kappa shape index (κ3) is 7.97. The van der Waals surface area contributed by atoms with E-state index in [0.29, 0.717) is 11.3 Å². The molecule has 1 atom stereocenters. The molecular formula is C30H28FN3O5S. The number of alkyl carbamates (subject to hydrolysis) is 1. The summed E-state index contributed by atoms with van der Waals surface area (Å²) in [6.07, 6.45) is -0.139. The van der Waals surface area contributed by atoms with Gasteiger partial charge in [-0.3, -0.25) is 4.79 Å². The number of amides is 2. The molecule has 10 heteroatoms. The highest BCUT2D eigenvalue weighted by Gasteiger charge is 2.25. The molecule has 0 saturated carbocycles. The highest BCUT2D eigenvalue weighted by molar-refractivity contribution is 7.10. The van der Waals surface area contributed by atoms with E-state index in [1.165, 1.54) is 23.5 Å². The van der Waals surface area contributed by atoms with Gasteiger partial charge in [-0.25, -0.2) is 19.0 Å². The van der Waals surface area contributed by atoms with Crippen LogP contribution >= 0.6 is 11.3 Å². The van der Waals surface area contributed by atoms with E-state index in [9.17, 15) is 18.8 Å². The maximum absolute atomic E-state index is 14.4. The minimum Gasteiger partial charge on any atom is -0.459 e. The van der Waals surface area contributed by atoms with Crippen LogP contribution in [0, 0.1) is 5.82 Å². The van der Waals surface area contributed by atoms with Crippen molar-refractivity contribution in [2.45, 2.75) is 32.6 Å². The number of hydrogen-bond acceptors (Lipinski definition) is 7. The summed E-state index contributed by atoms with van der Waals surface area (Å²) < 4.78 is 25.1. The van der Waals surface area contributed by atoms with E-state index in [1.807, 2.05) is 43.3 Å². The topological polar surface area (TPSA) is 107 Å². The van der Waals surface area contributed by atoms with Crippen LogP contribution in [0.1, 0.15) is 33.3 Å². The second-order valence-electron chi connectivity index (χ2n) is 8.77. The maximum atomic E-state index is 14.4. The predicted octanol–water partition coefficient (Wildman–Crippen LogP) is 5.28. The van der Waals surface area contributed by atoms with Gasteiger partial charge in [-0.05, 0) is 35.7 Å². The number of thiazole rings is 1. The van der Waals surface area contributed by atoms with E-state index < -0.39 is 29.8 Å². The van der Waals surface area contributed by atoms with Crippen molar-refractivity contribution in [3.05, 3.63) is 112 Å². The van der Waals surface area contributed by atoms with Gasteiger partial charge in [0, 0.05) is 22.5 Å². The lowest BCUT2D eigenvalue weighted by Gasteiger charge is -2.18. The van der Waals surface area contributed by atoms with Crippen LogP contribution in [0.25, 0.3) is 11.3 Å². The zero-order valence-corrected chi connectivity index (χ0v) is 22.6. The van der Waals surface area contributed by atoms with Crippen molar-refractivity contribution in [1.82, 2.24) is 15.6 Å². The Labute approximate surface area is 235 Å². The van der Waals surface area contributed by atoms with Crippen LogP contribution in [0.3, 0.4) is 0 Å². The van der Waals surface area contributed by atoms with Gasteiger partial charge in [0.1, 0.15) is 25.1 Å². The van der Waals surface area contributed by atoms with Crippen LogP contribution in [0.4, 0.5) is 9.18 Å². The highest BCUT2D eigenvalue weighted by Crippen LogP contribution is 2.27. The summed E-state index contributed by atoms with van der Waals surface area (Å²) in [6.45, 7) is 1.63. The molecule has 4 rings (SSSR count). The van der Waals surface area contributed by atoms with Crippen molar-refractivity contribution in [2.24, 2.45) is 0 Å². The number of ether oxygens (including phenoxy) is 2. The standard InChI is InChI=1S/C30H28FN3O5S/c1-2-26-27(33-19-40-26)22-13-23(15-24(31)14-22)28(35)32-16-25(29(36)38-17-20-9-5-3-6-10-20)34-30(37)39-18-21-11-7-4-8-12-21/h3-15,19,25H,2,16-18H2,1H3,(H,32,35)(H,34,37)/t25-/m1/s1. The highest BCUT2D eigenvalue weighted by atomic mass is 32.1. The smallest absolute Gasteiger partial charge is 0.408 e. The molecule has 0 spiro atoms. The maximum Gasteiger partial charge on any atom is 0.408 e. The van der Waals surface area contributed by atoms with Crippen molar-refractivity contribution in [1.29, 1.82) is 0 Å². The molecule has 3 aromatic carbocycles. The number of nitrogens with one attached hydrogen (secondary N) is 2. The molecule has 0 fully saturated rings. The molecular weight excluding hydrogens is 533 g/mol. The molecule has 40 heavy (non-hydrogen) atoms. The van der Waals surface area contributed by atoms with E-state index in [2.05, 4.69) is 15.6 Å². The summed E-state index contributed by atoms with van der Waals surface area (Å²) in [4.78, 5) is 43.7. The summed E-state index contributed by atoms with van der Waals surface area (Å²) in [5, 5.41) is 5.05. The zero-order chi connectivity index (χ0) is 28.3.